The minimum absolute atomic E-state index is 0.0123. The van der Waals surface area contributed by atoms with E-state index in [1.165, 1.54) is 10.6 Å². The van der Waals surface area contributed by atoms with Gasteiger partial charge in [-0.05, 0) is 0 Å². The highest BCUT2D eigenvalue weighted by molar-refractivity contribution is 7.88. The second kappa shape index (κ2) is 5.92. The fourth-order valence-electron chi connectivity index (χ4n) is 1.59. The normalized spacial score (nSPS) is 23.9. The smallest absolute Gasteiger partial charge is 0.210 e. The van der Waals surface area contributed by atoms with Gasteiger partial charge in [-0.3, -0.25) is 4.90 Å². The van der Waals surface area contributed by atoms with Crippen molar-refractivity contribution in [1.82, 2.24) is 9.21 Å². The minimum atomic E-state index is -3.11. The molecule has 0 aromatic heterocycles. The third-order valence-corrected chi connectivity index (χ3v) is 4.14. The highest BCUT2D eigenvalue weighted by Gasteiger charge is 2.23. The van der Waals surface area contributed by atoms with E-state index in [9.17, 15) is 8.42 Å². The number of aliphatic hydroxyl groups is 1. The summed E-state index contributed by atoms with van der Waals surface area (Å²) in [5.74, 6) is 0. The molecule has 1 N–H and O–H groups in total. The van der Waals surface area contributed by atoms with Gasteiger partial charge in [0.2, 0.25) is 10.0 Å². The van der Waals surface area contributed by atoms with Crippen LogP contribution in [0.3, 0.4) is 0 Å². The van der Waals surface area contributed by atoms with Crippen LogP contribution in [0.4, 0.5) is 0 Å². The van der Waals surface area contributed by atoms with Crippen molar-refractivity contribution in [1.29, 1.82) is 0 Å². The summed E-state index contributed by atoms with van der Waals surface area (Å²) >= 11 is 0. The third-order valence-electron chi connectivity index (χ3n) is 2.83. The zero-order chi connectivity index (χ0) is 12.2. The lowest BCUT2D eigenvalue weighted by Gasteiger charge is -2.35. The number of sulfonamides is 1. The molecule has 0 saturated carbocycles. The number of morpholine rings is 1. The summed E-state index contributed by atoms with van der Waals surface area (Å²) in [5.41, 5.74) is 0. The number of ether oxygens (including phenoxy) is 1. The van der Waals surface area contributed by atoms with Crippen LogP contribution < -0.4 is 0 Å². The van der Waals surface area contributed by atoms with E-state index < -0.39 is 10.0 Å². The first-order valence-corrected chi connectivity index (χ1v) is 7.14. The molecule has 1 aliphatic rings. The lowest BCUT2D eigenvalue weighted by molar-refractivity contribution is -0.0279. The number of nitrogens with zero attached hydrogens (tertiary/aromatic N) is 2. The highest BCUT2D eigenvalue weighted by Crippen LogP contribution is 2.06. The van der Waals surface area contributed by atoms with Gasteiger partial charge in [0.05, 0.1) is 32.1 Å². The van der Waals surface area contributed by atoms with Crippen molar-refractivity contribution in [3.05, 3.63) is 0 Å². The van der Waals surface area contributed by atoms with Crippen molar-refractivity contribution in [2.24, 2.45) is 0 Å². The highest BCUT2D eigenvalue weighted by atomic mass is 32.2. The Kier molecular flexibility index (Phi) is 5.13. The van der Waals surface area contributed by atoms with Crippen molar-refractivity contribution in [3.63, 3.8) is 0 Å². The maximum atomic E-state index is 11.2. The predicted octanol–water partition coefficient (Wildman–Crippen LogP) is -1.43. The zero-order valence-electron chi connectivity index (χ0n) is 9.79. The molecule has 1 rings (SSSR count). The molecule has 1 unspecified atom stereocenters. The SMILES string of the molecule is CN(CCN1CCOCC1CO)S(C)(=O)=O. The first-order valence-electron chi connectivity index (χ1n) is 5.29. The Balaban J connectivity index is 2.41. The van der Waals surface area contributed by atoms with Crippen LogP contribution in [0.15, 0.2) is 0 Å². The molecule has 1 saturated heterocycles. The van der Waals surface area contributed by atoms with E-state index in [0.29, 0.717) is 26.3 Å². The van der Waals surface area contributed by atoms with Gasteiger partial charge in [0.15, 0.2) is 0 Å². The molecule has 0 aromatic carbocycles. The van der Waals surface area contributed by atoms with Gasteiger partial charge in [0, 0.05) is 26.7 Å². The molecule has 0 amide bonds. The molecule has 0 spiro atoms. The van der Waals surface area contributed by atoms with Crippen LogP contribution in [0, 0.1) is 0 Å². The van der Waals surface area contributed by atoms with Gasteiger partial charge in [-0.25, -0.2) is 12.7 Å². The van der Waals surface area contributed by atoms with Gasteiger partial charge in [0.25, 0.3) is 0 Å². The largest absolute Gasteiger partial charge is 0.395 e. The summed E-state index contributed by atoms with van der Waals surface area (Å²) in [6, 6.07) is -0.0123. The first-order chi connectivity index (χ1) is 7.45. The average molecular weight is 252 g/mol. The molecule has 7 heteroatoms. The molecule has 1 aliphatic heterocycles. The average Bonchev–Trinajstić information content (AvgIpc) is 2.24. The van der Waals surface area contributed by atoms with E-state index in [1.54, 1.807) is 7.05 Å². The molecule has 6 nitrogen and oxygen atoms in total. The number of rotatable bonds is 5. The van der Waals surface area contributed by atoms with Gasteiger partial charge in [-0.15, -0.1) is 0 Å². The van der Waals surface area contributed by atoms with Crippen LogP contribution in [0.5, 0.6) is 0 Å². The number of likely N-dealkylation sites (N-methyl/N-ethyl adjacent to an activating group) is 1. The van der Waals surface area contributed by atoms with Crippen molar-refractivity contribution in [2.45, 2.75) is 6.04 Å². The van der Waals surface area contributed by atoms with Crippen LogP contribution in [-0.4, -0.2) is 81.5 Å². The van der Waals surface area contributed by atoms with Gasteiger partial charge < -0.3 is 9.84 Å². The molecular weight excluding hydrogens is 232 g/mol. The van der Waals surface area contributed by atoms with E-state index >= 15 is 0 Å². The maximum absolute atomic E-state index is 11.2. The lowest BCUT2D eigenvalue weighted by atomic mass is 10.2. The topological polar surface area (TPSA) is 70.1 Å². The summed E-state index contributed by atoms with van der Waals surface area (Å²) in [4.78, 5) is 2.06. The summed E-state index contributed by atoms with van der Waals surface area (Å²) in [5, 5.41) is 9.13. The fraction of sp³-hybridized carbons (Fsp3) is 1.00. The molecule has 1 heterocycles. The Morgan fingerprint density at radius 2 is 2.25 bits per heavy atom. The quantitative estimate of drug-likeness (QED) is 0.650. The second-order valence-electron chi connectivity index (χ2n) is 4.03. The van der Waals surface area contributed by atoms with Crippen LogP contribution in [0.1, 0.15) is 0 Å². The van der Waals surface area contributed by atoms with E-state index in [-0.39, 0.29) is 12.6 Å². The van der Waals surface area contributed by atoms with Crippen LogP contribution in [0.25, 0.3) is 0 Å². The summed E-state index contributed by atoms with van der Waals surface area (Å²) in [6.45, 7) is 3.00. The number of hydrogen-bond acceptors (Lipinski definition) is 5. The Morgan fingerprint density at radius 1 is 1.56 bits per heavy atom. The summed E-state index contributed by atoms with van der Waals surface area (Å²) in [6.07, 6.45) is 1.19. The van der Waals surface area contributed by atoms with E-state index in [1.807, 2.05) is 0 Å². The van der Waals surface area contributed by atoms with Gasteiger partial charge in [0.1, 0.15) is 0 Å². The van der Waals surface area contributed by atoms with Crippen molar-refractivity contribution >= 4 is 10.0 Å². The maximum Gasteiger partial charge on any atom is 0.210 e. The Morgan fingerprint density at radius 3 is 2.81 bits per heavy atom. The Bertz CT molecular complexity index is 307. The molecule has 0 radical (unpaired) electrons. The lowest BCUT2D eigenvalue weighted by Crippen LogP contribution is -2.50. The summed E-state index contributed by atoms with van der Waals surface area (Å²) < 4.78 is 28.9. The molecule has 1 fully saturated rings. The van der Waals surface area contributed by atoms with Gasteiger partial charge >= 0.3 is 0 Å². The van der Waals surface area contributed by atoms with Crippen LogP contribution >= 0.6 is 0 Å². The Hall–Kier alpha value is -0.210. The molecular formula is C9H20N2O4S. The third kappa shape index (κ3) is 3.99. The first kappa shape index (κ1) is 13.9. The molecule has 1 atom stereocenters. The van der Waals surface area contributed by atoms with Crippen molar-refractivity contribution in [3.8, 4) is 0 Å². The monoisotopic (exact) mass is 252 g/mol. The van der Waals surface area contributed by atoms with Gasteiger partial charge in [-0.2, -0.15) is 0 Å². The second-order valence-corrected chi connectivity index (χ2v) is 6.12. The van der Waals surface area contributed by atoms with Crippen LogP contribution in [0.2, 0.25) is 0 Å². The Labute approximate surface area is 96.8 Å². The zero-order valence-corrected chi connectivity index (χ0v) is 10.6. The number of aliphatic hydroxyl groups excluding tert-OH is 1. The van der Waals surface area contributed by atoms with E-state index in [4.69, 9.17) is 9.84 Å². The number of hydrogen-bond donors (Lipinski definition) is 1. The molecule has 16 heavy (non-hydrogen) atoms. The predicted molar refractivity (Wildman–Crippen MR) is 60.7 cm³/mol. The van der Waals surface area contributed by atoms with E-state index in [0.717, 1.165) is 6.54 Å². The van der Waals surface area contributed by atoms with Crippen molar-refractivity contribution in [2.75, 3.05) is 52.8 Å². The molecule has 96 valence electrons. The summed E-state index contributed by atoms with van der Waals surface area (Å²) in [7, 11) is -1.56. The van der Waals surface area contributed by atoms with Crippen molar-refractivity contribution < 1.29 is 18.3 Å². The van der Waals surface area contributed by atoms with E-state index in [2.05, 4.69) is 4.90 Å². The molecule has 0 bridgehead atoms. The van der Waals surface area contributed by atoms with Crippen LogP contribution in [-0.2, 0) is 14.8 Å². The molecule has 0 aromatic rings. The fourth-order valence-corrected chi connectivity index (χ4v) is 2.00. The molecule has 0 aliphatic carbocycles. The minimum Gasteiger partial charge on any atom is -0.395 e. The van der Waals surface area contributed by atoms with Gasteiger partial charge in [-0.1, -0.05) is 0 Å². The standard InChI is InChI=1S/C9H20N2O4S/c1-10(16(2,13)14)3-4-11-5-6-15-8-9(11)7-12/h9,12H,3-8H2,1-2H3.